The van der Waals surface area contributed by atoms with E-state index in [1.807, 2.05) is 0 Å². The predicted octanol–water partition coefficient (Wildman–Crippen LogP) is 3.28. The quantitative estimate of drug-likeness (QED) is 0.150. The number of anilines is 1. The number of benzene rings is 3. The van der Waals surface area contributed by atoms with Crippen LogP contribution in [-0.2, 0) is 9.59 Å². The lowest BCUT2D eigenvalue weighted by Gasteiger charge is -2.13. The molecule has 0 atom stereocenters. The molecule has 0 spiro atoms. The summed E-state index contributed by atoms with van der Waals surface area (Å²) in [6.45, 7) is 0. The first-order chi connectivity index (χ1) is 16.4. The number of hydrogen-bond donors (Lipinski definition) is 1. The minimum Gasteiger partial charge on any atom is -0.493 e. The van der Waals surface area contributed by atoms with Gasteiger partial charge in [0.05, 0.1) is 23.3 Å². The summed E-state index contributed by atoms with van der Waals surface area (Å²) in [6, 6.07) is 18.2. The normalized spacial score (nSPS) is 14.1. The average Bonchev–Trinajstić information content (AvgIpc) is 3.13. The van der Waals surface area contributed by atoms with Crippen LogP contribution < -0.4 is 19.9 Å². The lowest BCUT2D eigenvalue weighted by Crippen LogP contribution is -2.35. The molecule has 4 rings (SSSR count). The summed E-state index contributed by atoms with van der Waals surface area (Å²) in [7, 11) is 1.38. The Balaban J connectivity index is 1.54. The lowest BCUT2D eigenvalue weighted by molar-refractivity contribution is -0.384. The Morgan fingerprint density at radius 1 is 1.00 bits per heavy atom. The minimum absolute atomic E-state index is 0.0680. The zero-order valence-corrected chi connectivity index (χ0v) is 17.8. The highest BCUT2D eigenvalue weighted by Crippen LogP contribution is 2.30. The van der Waals surface area contributed by atoms with Gasteiger partial charge in [0.25, 0.3) is 17.5 Å². The highest BCUT2D eigenvalue weighted by Gasteiger charge is 2.34. The Hall–Kier alpha value is -4.99. The predicted molar refractivity (Wildman–Crippen MR) is 121 cm³/mol. The highest BCUT2D eigenvalue weighted by molar-refractivity contribution is 6.31. The Labute approximate surface area is 193 Å². The summed E-state index contributed by atoms with van der Waals surface area (Å²) >= 11 is 0. The number of esters is 1. The molecule has 1 N–H and O–H groups in total. The first-order valence-electron chi connectivity index (χ1n) is 9.94. The molecule has 1 aliphatic heterocycles. The fourth-order valence-electron chi connectivity index (χ4n) is 3.22. The number of nitrogens with one attached hydrogen (secondary N) is 1. The van der Waals surface area contributed by atoms with E-state index in [0.717, 1.165) is 5.01 Å². The van der Waals surface area contributed by atoms with Crippen molar-refractivity contribution in [2.45, 2.75) is 0 Å². The number of carbonyl (C=O) groups excluding carboxylic acids is 3. The van der Waals surface area contributed by atoms with Crippen molar-refractivity contribution in [3.63, 3.8) is 0 Å². The third kappa shape index (κ3) is 4.46. The maximum Gasteiger partial charge on any atom is 0.343 e. The fourth-order valence-corrected chi connectivity index (χ4v) is 3.22. The monoisotopic (exact) mass is 459 g/mol. The molecule has 170 valence electrons. The average molecular weight is 459 g/mol. The molecule has 1 fully saturated rings. The van der Waals surface area contributed by atoms with E-state index in [-0.39, 0.29) is 28.3 Å². The van der Waals surface area contributed by atoms with Gasteiger partial charge in [-0.25, -0.2) is 9.80 Å². The topological polar surface area (TPSA) is 128 Å². The Kier molecular flexibility index (Phi) is 6.04. The van der Waals surface area contributed by atoms with Crippen molar-refractivity contribution >= 4 is 35.2 Å². The number of nitro benzene ring substituents is 1. The van der Waals surface area contributed by atoms with Gasteiger partial charge >= 0.3 is 5.97 Å². The maximum absolute atomic E-state index is 12.7. The van der Waals surface area contributed by atoms with E-state index < -0.39 is 22.7 Å². The van der Waals surface area contributed by atoms with Gasteiger partial charge in [0.2, 0.25) is 0 Å². The molecule has 0 aliphatic carbocycles. The van der Waals surface area contributed by atoms with Crippen LogP contribution in [0.2, 0.25) is 0 Å². The van der Waals surface area contributed by atoms with E-state index >= 15 is 0 Å². The lowest BCUT2D eigenvalue weighted by atomic mass is 10.1. The highest BCUT2D eigenvalue weighted by atomic mass is 16.6. The second kappa shape index (κ2) is 9.25. The number of nitro groups is 1. The van der Waals surface area contributed by atoms with Crippen LogP contribution in [0.3, 0.4) is 0 Å². The number of para-hydroxylation sites is 1. The van der Waals surface area contributed by atoms with Crippen LogP contribution in [0.5, 0.6) is 11.5 Å². The molecule has 10 nitrogen and oxygen atoms in total. The van der Waals surface area contributed by atoms with E-state index in [1.165, 1.54) is 49.6 Å². The van der Waals surface area contributed by atoms with Gasteiger partial charge in [0.1, 0.15) is 5.57 Å². The van der Waals surface area contributed by atoms with Gasteiger partial charge in [0.15, 0.2) is 11.5 Å². The molecule has 0 saturated carbocycles. The summed E-state index contributed by atoms with van der Waals surface area (Å²) in [6.07, 6.45) is 1.41. The van der Waals surface area contributed by atoms with Crippen molar-refractivity contribution in [2.75, 3.05) is 12.1 Å². The molecule has 3 aromatic carbocycles. The van der Waals surface area contributed by atoms with Crippen LogP contribution in [0.1, 0.15) is 15.9 Å². The van der Waals surface area contributed by atoms with Gasteiger partial charge in [0, 0.05) is 12.1 Å². The number of nitrogens with zero attached hydrogens (tertiary/aromatic N) is 2. The van der Waals surface area contributed by atoms with E-state index in [1.54, 1.807) is 36.4 Å². The number of methoxy groups -OCH3 is 1. The molecule has 1 heterocycles. The van der Waals surface area contributed by atoms with Crippen LogP contribution in [0.25, 0.3) is 6.08 Å². The van der Waals surface area contributed by atoms with Crippen LogP contribution >= 0.6 is 0 Å². The second-order valence-electron chi connectivity index (χ2n) is 7.08. The van der Waals surface area contributed by atoms with Crippen molar-refractivity contribution in [2.24, 2.45) is 0 Å². The number of non-ortho nitro benzene ring substituents is 1. The van der Waals surface area contributed by atoms with Crippen LogP contribution in [-0.4, -0.2) is 29.8 Å². The molecule has 10 heteroatoms. The Morgan fingerprint density at radius 3 is 2.35 bits per heavy atom. The third-order valence-corrected chi connectivity index (χ3v) is 4.92. The first-order valence-corrected chi connectivity index (χ1v) is 9.94. The van der Waals surface area contributed by atoms with Gasteiger partial charge in [-0.05, 0) is 48.0 Å². The van der Waals surface area contributed by atoms with Gasteiger partial charge in [-0.15, -0.1) is 0 Å². The molecule has 2 amide bonds. The summed E-state index contributed by atoms with van der Waals surface area (Å²) in [5.41, 5.74) is 3.42. The van der Waals surface area contributed by atoms with Crippen molar-refractivity contribution in [3.8, 4) is 11.5 Å². The molecular formula is C24H17N3O7. The molecule has 0 unspecified atom stereocenters. The first kappa shape index (κ1) is 22.2. The molecule has 3 aromatic rings. The summed E-state index contributed by atoms with van der Waals surface area (Å²) < 4.78 is 10.6. The number of ether oxygens (including phenoxy) is 2. The molecule has 0 aromatic heterocycles. The maximum atomic E-state index is 12.7. The standard InChI is InChI=1S/C24H17N3O7/c1-33-21-14-15(13-19-22(28)25-26(23(19)29)17-5-3-2-4-6-17)7-12-20(21)34-24(30)16-8-10-18(11-9-16)27(31)32/h2-14H,1H3,(H,25,28)/b19-13-. The van der Waals surface area contributed by atoms with Crippen LogP contribution in [0.4, 0.5) is 11.4 Å². The number of hydrazine groups is 1. The van der Waals surface area contributed by atoms with E-state index in [9.17, 15) is 24.5 Å². The van der Waals surface area contributed by atoms with Crippen molar-refractivity contribution < 1.29 is 28.8 Å². The third-order valence-electron chi connectivity index (χ3n) is 4.92. The molecular weight excluding hydrogens is 442 g/mol. The van der Waals surface area contributed by atoms with Crippen molar-refractivity contribution in [1.29, 1.82) is 0 Å². The largest absolute Gasteiger partial charge is 0.493 e. The molecule has 1 aliphatic rings. The van der Waals surface area contributed by atoms with E-state index in [4.69, 9.17) is 9.47 Å². The second-order valence-corrected chi connectivity index (χ2v) is 7.08. The van der Waals surface area contributed by atoms with E-state index in [2.05, 4.69) is 5.43 Å². The molecule has 0 radical (unpaired) electrons. The van der Waals surface area contributed by atoms with Gasteiger partial charge in [-0.3, -0.25) is 25.1 Å². The zero-order chi connectivity index (χ0) is 24.2. The van der Waals surface area contributed by atoms with Gasteiger partial charge in [-0.2, -0.15) is 0 Å². The van der Waals surface area contributed by atoms with Crippen molar-refractivity contribution in [1.82, 2.24) is 5.43 Å². The van der Waals surface area contributed by atoms with Gasteiger partial charge < -0.3 is 9.47 Å². The van der Waals surface area contributed by atoms with Crippen LogP contribution in [0, 0.1) is 10.1 Å². The zero-order valence-electron chi connectivity index (χ0n) is 17.8. The summed E-state index contributed by atoms with van der Waals surface area (Å²) in [5, 5.41) is 11.9. The number of carbonyl (C=O) groups is 3. The fraction of sp³-hybridized carbons (Fsp3) is 0.0417. The smallest absolute Gasteiger partial charge is 0.343 e. The van der Waals surface area contributed by atoms with E-state index in [0.29, 0.717) is 11.3 Å². The summed E-state index contributed by atoms with van der Waals surface area (Å²) in [4.78, 5) is 47.7. The molecule has 0 bridgehead atoms. The summed E-state index contributed by atoms with van der Waals surface area (Å²) in [5.74, 6) is -1.51. The Morgan fingerprint density at radius 2 is 1.71 bits per heavy atom. The minimum atomic E-state index is -0.733. The molecule has 34 heavy (non-hydrogen) atoms. The van der Waals surface area contributed by atoms with Crippen LogP contribution in [0.15, 0.2) is 78.4 Å². The van der Waals surface area contributed by atoms with Crippen molar-refractivity contribution in [3.05, 3.63) is 99.6 Å². The number of amides is 2. The van der Waals surface area contributed by atoms with Gasteiger partial charge in [-0.1, -0.05) is 24.3 Å². The Bertz CT molecular complexity index is 1320. The number of rotatable bonds is 6. The number of hydrogen-bond acceptors (Lipinski definition) is 7. The molecule has 1 saturated heterocycles. The SMILES string of the molecule is COc1cc(/C=C2/C(=O)NN(c3ccccc3)C2=O)ccc1OC(=O)c1ccc([N+](=O)[O-])cc1.